The van der Waals surface area contributed by atoms with Crippen LogP contribution in [0, 0.1) is 5.92 Å². The van der Waals surface area contributed by atoms with Crippen LogP contribution in [-0.2, 0) is 0 Å². The van der Waals surface area contributed by atoms with Crippen molar-refractivity contribution in [2.24, 2.45) is 5.92 Å². The first-order valence-corrected chi connectivity index (χ1v) is 5.95. The van der Waals surface area contributed by atoms with Gasteiger partial charge in [0.2, 0.25) is 11.9 Å². The van der Waals surface area contributed by atoms with Crippen molar-refractivity contribution in [2.45, 2.75) is 39.3 Å². The molecule has 2 N–H and O–H groups in total. The van der Waals surface area contributed by atoms with Gasteiger partial charge in [-0.2, -0.15) is 15.0 Å². The van der Waals surface area contributed by atoms with Crippen LogP contribution in [0.2, 0.25) is 0 Å². The van der Waals surface area contributed by atoms with E-state index in [4.69, 9.17) is 4.74 Å². The zero-order valence-electron chi connectivity index (χ0n) is 10.7. The summed E-state index contributed by atoms with van der Waals surface area (Å²) >= 11 is 0. The molecule has 2 rings (SSSR count). The van der Waals surface area contributed by atoms with Gasteiger partial charge in [-0.3, -0.25) is 0 Å². The molecular formula is C11H19N5O. The SMILES string of the molecule is CNc1nc(NC2CC2C)nc(OC(C)C)n1. The molecule has 17 heavy (non-hydrogen) atoms. The molecule has 1 aromatic heterocycles. The van der Waals surface area contributed by atoms with E-state index in [1.165, 1.54) is 6.42 Å². The molecule has 0 bridgehead atoms. The Morgan fingerprint density at radius 2 is 1.88 bits per heavy atom. The van der Waals surface area contributed by atoms with Gasteiger partial charge in [0.05, 0.1) is 6.10 Å². The molecule has 1 heterocycles. The van der Waals surface area contributed by atoms with E-state index in [0.717, 1.165) is 0 Å². The topological polar surface area (TPSA) is 72.0 Å². The second-order valence-corrected chi connectivity index (χ2v) is 4.65. The minimum Gasteiger partial charge on any atom is -0.461 e. The van der Waals surface area contributed by atoms with Gasteiger partial charge in [-0.25, -0.2) is 0 Å². The van der Waals surface area contributed by atoms with Crippen LogP contribution in [0.1, 0.15) is 27.2 Å². The number of anilines is 2. The van der Waals surface area contributed by atoms with Crippen LogP contribution in [0.5, 0.6) is 6.01 Å². The lowest BCUT2D eigenvalue weighted by Gasteiger charge is -2.10. The average molecular weight is 237 g/mol. The van der Waals surface area contributed by atoms with Crippen molar-refractivity contribution in [3.63, 3.8) is 0 Å². The van der Waals surface area contributed by atoms with E-state index < -0.39 is 0 Å². The quantitative estimate of drug-likeness (QED) is 0.809. The van der Waals surface area contributed by atoms with Crippen molar-refractivity contribution in [3.8, 4) is 6.01 Å². The number of hydrogen-bond acceptors (Lipinski definition) is 6. The highest BCUT2D eigenvalue weighted by atomic mass is 16.5. The minimum absolute atomic E-state index is 0.0507. The molecule has 0 aliphatic heterocycles. The summed E-state index contributed by atoms with van der Waals surface area (Å²) in [5.41, 5.74) is 0. The number of hydrogen-bond donors (Lipinski definition) is 2. The number of aromatic nitrogens is 3. The lowest BCUT2D eigenvalue weighted by Crippen LogP contribution is -2.14. The van der Waals surface area contributed by atoms with Crippen LogP contribution in [0.3, 0.4) is 0 Å². The molecule has 2 atom stereocenters. The third-order valence-electron chi connectivity index (χ3n) is 2.60. The molecule has 0 saturated heterocycles. The fraction of sp³-hybridized carbons (Fsp3) is 0.727. The van der Waals surface area contributed by atoms with Crippen molar-refractivity contribution in [1.82, 2.24) is 15.0 Å². The predicted molar refractivity (Wildman–Crippen MR) is 66.3 cm³/mol. The third-order valence-corrected chi connectivity index (χ3v) is 2.60. The predicted octanol–water partition coefficient (Wildman–Crippen LogP) is 1.52. The molecular weight excluding hydrogens is 218 g/mol. The van der Waals surface area contributed by atoms with Crippen molar-refractivity contribution < 1.29 is 4.74 Å². The molecule has 6 heteroatoms. The van der Waals surface area contributed by atoms with Gasteiger partial charge < -0.3 is 15.4 Å². The smallest absolute Gasteiger partial charge is 0.323 e. The summed E-state index contributed by atoms with van der Waals surface area (Å²) in [6.45, 7) is 6.08. The largest absolute Gasteiger partial charge is 0.461 e. The Bertz CT molecular complexity index is 395. The van der Waals surface area contributed by atoms with Crippen molar-refractivity contribution in [1.29, 1.82) is 0 Å². The molecule has 1 fully saturated rings. The number of nitrogens with zero attached hydrogens (tertiary/aromatic N) is 3. The van der Waals surface area contributed by atoms with Gasteiger partial charge in [0.1, 0.15) is 0 Å². The first-order chi connectivity index (χ1) is 8.08. The highest BCUT2D eigenvalue weighted by Crippen LogP contribution is 2.32. The lowest BCUT2D eigenvalue weighted by atomic mass is 10.5. The van der Waals surface area contributed by atoms with Crippen molar-refractivity contribution in [3.05, 3.63) is 0 Å². The minimum atomic E-state index is 0.0507. The third kappa shape index (κ3) is 3.18. The lowest BCUT2D eigenvalue weighted by molar-refractivity contribution is 0.222. The van der Waals surface area contributed by atoms with Crippen molar-refractivity contribution in [2.75, 3.05) is 17.7 Å². The molecule has 2 unspecified atom stereocenters. The van der Waals surface area contributed by atoms with E-state index >= 15 is 0 Å². The Labute approximate surface area is 101 Å². The number of ether oxygens (including phenoxy) is 1. The van der Waals surface area contributed by atoms with E-state index in [0.29, 0.717) is 29.9 Å². The summed E-state index contributed by atoms with van der Waals surface area (Å²) in [4.78, 5) is 12.6. The average Bonchev–Trinajstić information content (AvgIpc) is 2.92. The van der Waals surface area contributed by atoms with Gasteiger partial charge in [-0.15, -0.1) is 0 Å². The van der Waals surface area contributed by atoms with E-state index in [9.17, 15) is 0 Å². The van der Waals surface area contributed by atoms with Gasteiger partial charge in [0, 0.05) is 13.1 Å². The summed E-state index contributed by atoms with van der Waals surface area (Å²) in [6.07, 6.45) is 1.22. The van der Waals surface area contributed by atoms with Gasteiger partial charge in [0.25, 0.3) is 0 Å². The molecule has 1 saturated carbocycles. The first kappa shape index (κ1) is 11.9. The molecule has 1 aromatic rings. The van der Waals surface area contributed by atoms with Crippen LogP contribution in [0.4, 0.5) is 11.9 Å². The monoisotopic (exact) mass is 237 g/mol. The molecule has 0 radical (unpaired) electrons. The van der Waals surface area contributed by atoms with E-state index in [1.807, 2.05) is 13.8 Å². The maximum Gasteiger partial charge on any atom is 0.323 e. The van der Waals surface area contributed by atoms with Crippen LogP contribution in [0.25, 0.3) is 0 Å². The maximum absolute atomic E-state index is 5.48. The molecule has 0 spiro atoms. The number of rotatable bonds is 5. The Morgan fingerprint density at radius 1 is 1.24 bits per heavy atom. The van der Waals surface area contributed by atoms with Crippen LogP contribution in [-0.4, -0.2) is 34.1 Å². The Hall–Kier alpha value is -1.59. The van der Waals surface area contributed by atoms with Crippen LogP contribution >= 0.6 is 0 Å². The fourth-order valence-electron chi connectivity index (χ4n) is 1.49. The Morgan fingerprint density at radius 3 is 2.41 bits per heavy atom. The molecule has 6 nitrogen and oxygen atoms in total. The summed E-state index contributed by atoms with van der Waals surface area (Å²) in [6, 6.07) is 0.837. The Balaban J connectivity index is 2.13. The van der Waals surface area contributed by atoms with Gasteiger partial charge in [-0.05, 0) is 26.2 Å². The second-order valence-electron chi connectivity index (χ2n) is 4.65. The summed E-state index contributed by atoms with van der Waals surface area (Å²) in [5.74, 6) is 1.79. The van der Waals surface area contributed by atoms with E-state index in [2.05, 4.69) is 32.5 Å². The van der Waals surface area contributed by atoms with Crippen molar-refractivity contribution >= 4 is 11.9 Å². The molecule has 1 aliphatic carbocycles. The molecule has 0 aromatic carbocycles. The highest BCUT2D eigenvalue weighted by molar-refractivity contribution is 5.37. The summed E-state index contributed by atoms with van der Waals surface area (Å²) in [7, 11) is 1.78. The standard InChI is InChI=1S/C11H19N5O/c1-6(2)17-11-15-9(12-4)14-10(16-11)13-8-5-7(8)3/h6-8H,5H2,1-4H3,(H2,12,13,14,15,16). The maximum atomic E-state index is 5.48. The summed E-state index contributed by atoms with van der Waals surface area (Å²) in [5, 5.41) is 6.18. The van der Waals surface area contributed by atoms with E-state index in [1.54, 1.807) is 7.05 Å². The van der Waals surface area contributed by atoms with Crippen LogP contribution in [0.15, 0.2) is 0 Å². The molecule has 94 valence electrons. The normalized spacial score (nSPS) is 22.4. The zero-order chi connectivity index (χ0) is 12.4. The molecule has 1 aliphatic rings. The second kappa shape index (κ2) is 4.73. The first-order valence-electron chi connectivity index (χ1n) is 5.95. The van der Waals surface area contributed by atoms with Gasteiger partial charge >= 0.3 is 6.01 Å². The number of nitrogens with one attached hydrogen (secondary N) is 2. The van der Waals surface area contributed by atoms with Gasteiger partial charge in [-0.1, -0.05) is 6.92 Å². The Kier molecular flexibility index (Phi) is 3.31. The zero-order valence-corrected chi connectivity index (χ0v) is 10.7. The summed E-state index contributed by atoms with van der Waals surface area (Å²) < 4.78 is 5.48. The highest BCUT2D eigenvalue weighted by Gasteiger charge is 2.33. The molecule has 0 amide bonds. The van der Waals surface area contributed by atoms with Crippen LogP contribution < -0.4 is 15.4 Å². The van der Waals surface area contributed by atoms with E-state index in [-0.39, 0.29) is 6.10 Å². The fourth-order valence-corrected chi connectivity index (χ4v) is 1.49. The van der Waals surface area contributed by atoms with Gasteiger partial charge in [0.15, 0.2) is 0 Å².